The number of carbonyl (C=O) groups is 2. The van der Waals surface area contributed by atoms with Crippen molar-refractivity contribution in [2.75, 3.05) is 18.5 Å². The summed E-state index contributed by atoms with van der Waals surface area (Å²) in [6.45, 7) is 0.936. The van der Waals surface area contributed by atoms with E-state index in [0.29, 0.717) is 11.6 Å². The zero-order valence-corrected chi connectivity index (χ0v) is 9.67. The molecule has 0 radical (unpaired) electrons. The van der Waals surface area contributed by atoms with Crippen LogP contribution in [-0.4, -0.2) is 42.8 Å². The van der Waals surface area contributed by atoms with Crippen LogP contribution in [-0.2, 0) is 4.79 Å². The van der Waals surface area contributed by atoms with Crippen LogP contribution < -0.4 is 4.90 Å². The molecule has 4 heteroatoms. The summed E-state index contributed by atoms with van der Waals surface area (Å²) in [4.78, 5) is 26.7. The van der Waals surface area contributed by atoms with Crippen molar-refractivity contribution < 1.29 is 9.59 Å². The second-order valence-corrected chi connectivity index (χ2v) is 4.76. The fraction of sp³-hybridized carbons (Fsp3) is 0.385. The molecule has 0 spiro atoms. The number of hydrogen-bond acceptors (Lipinski definition) is 3. The Bertz CT molecular complexity index is 469. The summed E-state index contributed by atoms with van der Waals surface area (Å²) < 4.78 is 0. The molecule has 17 heavy (non-hydrogen) atoms. The SMILES string of the molecule is CN1CC2CC1C(=O)N2c1ccc(C=O)cc1. The van der Waals surface area contributed by atoms with Gasteiger partial charge in [0.1, 0.15) is 6.29 Å². The fourth-order valence-corrected chi connectivity index (χ4v) is 2.84. The molecule has 4 nitrogen and oxygen atoms in total. The van der Waals surface area contributed by atoms with Crippen LogP contribution in [0.5, 0.6) is 0 Å². The molecule has 2 heterocycles. The molecule has 0 saturated carbocycles. The Hall–Kier alpha value is -1.68. The molecule has 88 valence electrons. The van der Waals surface area contributed by atoms with Gasteiger partial charge in [-0.25, -0.2) is 0 Å². The Morgan fingerprint density at radius 3 is 2.53 bits per heavy atom. The van der Waals surface area contributed by atoms with E-state index in [2.05, 4.69) is 4.90 Å². The third kappa shape index (κ3) is 1.48. The van der Waals surface area contributed by atoms with E-state index in [-0.39, 0.29) is 11.9 Å². The van der Waals surface area contributed by atoms with Gasteiger partial charge in [0, 0.05) is 17.8 Å². The Morgan fingerprint density at radius 1 is 1.29 bits per heavy atom. The molecule has 0 N–H and O–H groups in total. The third-order valence-electron chi connectivity index (χ3n) is 3.72. The van der Waals surface area contributed by atoms with Crippen LogP contribution in [0.15, 0.2) is 24.3 Å². The minimum atomic E-state index is 0.0470. The second kappa shape index (κ2) is 3.67. The maximum atomic E-state index is 12.1. The lowest BCUT2D eigenvalue weighted by Crippen LogP contribution is -2.48. The van der Waals surface area contributed by atoms with E-state index in [1.807, 2.05) is 24.1 Å². The molecule has 2 fully saturated rings. The Labute approximate surface area is 99.8 Å². The summed E-state index contributed by atoms with van der Waals surface area (Å²) in [5.41, 5.74) is 1.55. The van der Waals surface area contributed by atoms with Gasteiger partial charge >= 0.3 is 0 Å². The highest BCUT2D eigenvalue weighted by atomic mass is 16.2. The van der Waals surface area contributed by atoms with Gasteiger partial charge in [0.15, 0.2) is 0 Å². The van der Waals surface area contributed by atoms with Gasteiger partial charge in [0.2, 0.25) is 5.91 Å². The van der Waals surface area contributed by atoms with Crippen LogP contribution in [0.2, 0.25) is 0 Å². The van der Waals surface area contributed by atoms with Crippen molar-refractivity contribution in [3.63, 3.8) is 0 Å². The van der Waals surface area contributed by atoms with Crippen LogP contribution in [0.25, 0.3) is 0 Å². The first-order chi connectivity index (χ1) is 8.20. The second-order valence-electron chi connectivity index (χ2n) is 4.76. The maximum absolute atomic E-state index is 12.1. The molecule has 1 aromatic carbocycles. The van der Waals surface area contributed by atoms with Crippen LogP contribution in [0.3, 0.4) is 0 Å². The highest BCUT2D eigenvalue weighted by molar-refractivity contribution is 6.01. The average molecular weight is 230 g/mol. The number of amides is 1. The lowest BCUT2D eigenvalue weighted by atomic mass is 10.2. The van der Waals surface area contributed by atoms with Crippen LogP contribution in [0.4, 0.5) is 5.69 Å². The van der Waals surface area contributed by atoms with Crippen molar-refractivity contribution >= 4 is 17.9 Å². The molecular formula is C13H14N2O2. The number of nitrogens with zero attached hydrogens (tertiary/aromatic N) is 2. The van der Waals surface area contributed by atoms with Crippen molar-refractivity contribution in [1.82, 2.24) is 4.90 Å². The van der Waals surface area contributed by atoms with Gasteiger partial charge in [0.25, 0.3) is 0 Å². The van der Waals surface area contributed by atoms with Gasteiger partial charge in [-0.2, -0.15) is 0 Å². The minimum absolute atomic E-state index is 0.0470. The van der Waals surface area contributed by atoms with E-state index >= 15 is 0 Å². The maximum Gasteiger partial charge on any atom is 0.244 e. The van der Waals surface area contributed by atoms with Crippen LogP contribution in [0, 0.1) is 0 Å². The largest absolute Gasteiger partial charge is 0.307 e. The summed E-state index contributed by atoms with van der Waals surface area (Å²) >= 11 is 0. The molecule has 1 amide bonds. The van der Waals surface area contributed by atoms with Gasteiger partial charge in [-0.15, -0.1) is 0 Å². The number of anilines is 1. The van der Waals surface area contributed by atoms with Crippen molar-refractivity contribution in [2.45, 2.75) is 18.5 Å². The number of likely N-dealkylation sites (N-methyl/N-ethyl adjacent to an activating group) is 1. The summed E-state index contributed by atoms with van der Waals surface area (Å²) in [7, 11) is 2.00. The first-order valence-corrected chi connectivity index (χ1v) is 5.79. The van der Waals surface area contributed by atoms with E-state index in [1.165, 1.54) is 0 Å². The Kier molecular flexibility index (Phi) is 2.26. The van der Waals surface area contributed by atoms with E-state index in [1.54, 1.807) is 12.1 Å². The van der Waals surface area contributed by atoms with Gasteiger partial charge in [-0.3, -0.25) is 14.5 Å². The Morgan fingerprint density at radius 2 is 2.00 bits per heavy atom. The predicted molar refractivity (Wildman–Crippen MR) is 64.1 cm³/mol. The molecule has 2 aliphatic rings. The minimum Gasteiger partial charge on any atom is -0.307 e. The first kappa shape index (κ1) is 10.5. The standard InChI is InChI=1S/C13H14N2O2/c1-14-7-11-6-12(14)13(17)15(11)10-4-2-9(8-16)3-5-10/h2-5,8,11-12H,6-7H2,1H3. The zero-order valence-electron chi connectivity index (χ0n) is 9.67. The summed E-state index contributed by atoms with van der Waals surface area (Å²) in [5.74, 6) is 0.183. The number of fused-ring (bicyclic) bond motifs is 2. The van der Waals surface area contributed by atoms with E-state index < -0.39 is 0 Å². The summed E-state index contributed by atoms with van der Waals surface area (Å²) in [6, 6.07) is 7.55. The molecule has 1 aromatic rings. The highest BCUT2D eigenvalue weighted by Crippen LogP contribution is 2.34. The third-order valence-corrected chi connectivity index (χ3v) is 3.72. The van der Waals surface area contributed by atoms with E-state index in [0.717, 1.165) is 24.9 Å². The molecule has 2 unspecified atom stereocenters. The molecule has 2 bridgehead atoms. The first-order valence-electron chi connectivity index (χ1n) is 5.79. The van der Waals surface area contributed by atoms with E-state index in [9.17, 15) is 9.59 Å². The normalized spacial score (nSPS) is 27.8. The molecule has 3 rings (SSSR count). The lowest BCUT2D eigenvalue weighted by Gasteiger charge is -2.31. The monoisotopic (exact) mass is 230 g/mol. The number of rotatable bonds is 2. The van der Waals surface area contributed by atoms with Crippen molar-refractivity contribution in [2.24, 2.45) is 0 Å². The van der Waals surface area contributed by atoms with Gasteiger partial charge < -0.3 is 4.90 Å². The molecule has 2 atom stereocenters. The number of aldehydes is 1. The number of benzene rings is 1. The quantitative estimate of drug-likeness (QED) is 0.709. The number of carbonyl (C=O) groups excluding carboxylic acids is 2. The van der Waals surface area contributed by atoms with Crippen LogP contribution in [0.1, 0.15) is 16.8 Å². The van der Waals surface area contributed by atoms with E-state index in [4.69, 9.17) is 0 Å². The Balaban J connectivity index is 1.90. The number of likely N-dealkylation sites (tertiary alicyclic amines) is 1. The molecule has 2 saturated heterocycles. The lowest BCUT2D eigenvalue weighted by molar-refractivity contribution is -0.122. The molecule has 0 aliphatic carbocycles. The van der Waals surface area contributed by atoms with Crippen molar-refractivity contribution in [3.05, 3.63) is 29.8 Å². The van der Waals surface area contributed by atoms with Gasteiger partial charge in [-0.05, 0) is 37.7 Å². The zero-order chi connectivity index (χ0) is 12.0. The number of piperazine rings is 1. The highest BCUT2D eigenvalue weighted by Gasteiger charge is 2.48. The predicted octanol–water partition coefficient (Wildman–Crippen LogP) is 0.918. The summed E-state index contributed by atoms with van der Waals surface area (Å²) in [6.07, 6.45) is 1.74. The smallest absolute Gasteiger partial charge is 0.244 e. The topological polar surface area (TPSA) is 40.6 Å². The van der Waals surface area contributed by atoms with Crippen LogP contribution >= 0.6 is 0 Å². The average Bonchev–Trinajstić information content (AvgIpc) is 2.85. The van der Waals surface area contributed by atoms with Gasteiger partial charge in [0.05, 0.1) is 12.1 Å². The van der Waals surface area contributed by atoms with Gasteiger partial charge in [-0.1, -0.05) is 0 Å². The van der Waals surface area contributed by atoms with Crippen molar-refractivity contribution in [3.8, 4) is 0 Å². The summed E-state index contributed by atoms with van der Waals surface area (Å²) in [5, 5.41) is 0. The number of hydrogen-bond donors (Lipinski definition) is 0. The molecule has 0 aromatic heterocycles. The fourth-order valence-electron chi connectivity index (χ4n) is 2.84. The molecular weight excluding hydrogens is 216 g/mol. The van der Waals surface area contributed by atoms with Crippen molar-refractivity contribution in [1.29, 1.82) is 0 Å². The molecule has 2 aliphatic heterocycles.